The van der Waals surface area contributed by atoms with Crippen molar-refractivity contribution in [3.8, 4) is 5.75 Å². The van der Waals surface area contributed by atoms with Gasteiger partial charge in [0.05, 0.1) is 13.0 Å². The highest BCUT2D eigenvalue weighted by Gasteiger charge is 2.41. The minimum Gasteiger partial charge on any atom is -0.494 e. The Bertz CT molecular complexity index is 453. The molecule has 2 rings (SSSR count). The number of rotatable bonds is 3. The molecule has 2 atom stereocenters. The molecule has 20 heavy (non-hydrogen) atoms. The Kier molecular flexibility index (Phi) is 4.52. The molecule has 6 heteroatoms. The highest BCUT2D eigenvalue weighted by Crippen LogP contribution is 2.32. The number of halogens is 4. The molecule has 0 radical (unpaired) electrons. The first-order valence-corrected chi connectivity index (χ1v) is 6.52. The molecule has 1 fully saturated rings. The Morgan fingerprint density at radius 3 is 2.55 bits per heavy atom. The molecule has 0 aliphatic carbocycles. The normalized spacial score (nSPS) is 23.6. The molecule has 1 aliphatic rings. The first kappa shape index (κ1) is 15.1. The zero-order valence-corrected chi connectivity index (χ0v) is 11.1. The molecule has 0 bridgehead atoms. The highest BCUT2D eigenvalue weighted by molar-refractivity contribution is 5.29. The predicted molar refractivity (Wildman–Crippen MR) is 67.2 cm³/mol. The van der Waals surface area contributed by atoms with Crippen molar-refractivity contribution in [2.45, 2.75) is 31.5 Å². The van der Waals surface area contributed by atoms with E-state index in [1.54, 1.807) is 6.07 Å². The Morgan fingerprint density at radius 1 is 1.30 bits per heavy atom. The van der Waals surface area contributed by atoms with Crippen molar-refractivity contribution in [3.63, 3.8) is 0 Å². The van der Waals surface area contributed by atoms with E-state index in [1.807, 2.05) is 0 Å². The molecule has 0 amide bonds. The van der Waals surface area contributed by atoms with Crippen LogP contribution in [-0.4, -0.2) is 25.9 Å². The molecular weight excluding hydrogens is 274 g/mol. The average molecular weight is 291 g/mol. The van der Waals surface area contributed by atoms with Gasteiger partial charge < -0.3 is 10.1 Å². The summed E-state index contributed by atoms with van der Waals surface area (Å²) in [5, 5.41) is 2.90. The van der Waals surface area contributed by atoms with Gasteiger partial charge in [-0.15, -0.1) is 0 Å². The van der Waals surface area contributed by atoms with E-state index in [-0.39, 0.29) is 24.8 Å². The lowest BCUT2D eigenvalue weighted by atomic mass is 9.91. The van der Waals surface area contributed by atoms with E-state index < -0.39 is 17.9 Å². The molecule has 112 valence electrons. The van der Waals surface area contributed by atoms with Crippen LogP contribution in [0.15, 0.2) is 18.2 Å². The van der Waals surface area contributed by atoms with Gasteiger partial charge in [0.2, 0.25) is 0 Å². The second-order valence-corrected chi connectivity index (χ2v) is 5.09. The molecule has 1 aromatic rings. The number of hydrogen-bond acceptors (Lipinski definition) is 2. The monoisotopic (exact) mass is 291 g/mol. The summed E-state index contributed by atoms with van der Waals surface area (Å²) in [7, 11) is 1.39. The molecule has 1 N–H and O–H groups in total. The summed E-state index contributed by atoms with van der Waals surface area (Å²) in [6.07, 6.45) is -3.05. The SMILES string of the molecule is COc1ccc(CC2CCC(C(F)(F)F)CN2)cc1F. The van der Waals surface area contributed by atoms with Gasteiger partial charge in [-0.1, -0.05) is 6.07 Å². The molecule has 1 aromatic carbocycles. The number of nitrogens with one attached hydrogen (secondary N) is 1. The minimum atomic E-state index is -4.13. The standard InChI is InChI=1S/C14H17F4NO/c1-20-13-5-2-9(7-12(13)15)6-11-4-3-10(8-19-11)14(16,17)18/h2,5,7,10-11,19H,3-4,6,8H2,1H3. The molecule has 1 aliphatic heterocycles. The summed E-state index contributed by atoms with van der Waals surface area (Å²) in [6.45, 7) is -0.0627. The second kappa shape index (κ2) is 5.99. The maximum atomic E-state index is 13.5. The topological polar surface area (TPSA) is 21.3 Å². The lowest BCUT2D eigenvalue weighted by molar-refractivity contribution is -0.179. The van der Waals surface area contributed by atoms with E-state index in [9.17, 15) is 17.6 Å². The summed E-state index contributed by atoms with van der Waals surface area (Å²) >= 11 is 0. The largest absolute Gasteiger partial charge is 0.494 e. The van der Waals surface area contributed by atoms with Crippen LogP contribution in [0.3, 0.4) is 0 Å². The Balaban J connectivity index is 1.91. The van der Waals surface area contributed by atoms with Gasteiger partial charge in [0.1, 0.15) is 0 Å². The van der Waals surface area contributed by atoms with Gasteiger partial charge in [-0.25, -0.2) is 4.39 Å². The number of alkyl halides is 3. The lowest BCUT2D eigenvalue weighted by Crippen LogP contribution is -2.45. The third-order valence-electron chi connectivity index (χ3n) is 3.68. The molecule has 0 spiro atoms. The Hall–Kier alpha value is -1.30. The van der Waals surface area contributed by atoms with Crippen LogP contribution in [0.5, 0.6) is 5.75 Å². The van der Waals surface area contributed by atoms with Crippen LogP contribution in [0.25, 0.3) is 0 Å². The van der Waals surface area contributed by atoms with E-state index >= 15 is 0 Å². The van der Waals surface area contributed by atoms with E-state index in [0.29, 0.717) is 12.8 Å². The van der Waals surface area contributed by atoms with Crippen molar-refractivity contribution in [2.24, 2.45) is 5.92 Å². The number of methoxy groups -OCH3 is 1. The van der Waals surface area contributed by atoms with Gasteiger partial charge in [-0.3, -0.25) is 0 Å². The summed E-state index contributed by atoms with van der Waals surface area (Å²) in [5.41, 5.74) is 0.756. The van der Waals surface area contributed by atoms with E-state index in [1.165, 1.54) is 19.2 Å². The van der Waals surface area contributed by atoms with Gasteiger partial charge >= 0.3 is 6.18 Å². The third kappa shape index (κ3) is 3.62. The first-order valence-electron chi connectivity index (χ1n) is 6.52. The molecule has 2 unspecified atom stereocenters. The molecule has 0 aromatic heterocycles. The third-order valence-corrected chi connectivity index (χ3v) is 3.68. The van der Waals surface area contributed by atoms with Crippen LogP contribution in [0.1, 0.15) is 18.4 Å². The average Bonchev–Trinajstić information content (AvgIpc) is 2.38. The van der Waals surface area contributed by atoms with Crippen LogP contribution in [-0.2, 0) is 6.42 Å². The van der Waals surface area contributed by atoms with Gasteiger partial charge in [0.15, 0.2) is 11.6 Å². The van der Waals surface area contributed by atoms with E-state index in [0.717, 1.165) is 5.56 Å². The van der Waals surface area contributed by atoms with Crippen molar-refractivity contribution in [3.05, 3.63) is 29.6 Å². The van der Waals surface area contributed by atoms with Gasteiger partial charge in [-0.2, -0.15) is 13.2 Å². The van der Waals surface area contributed by atoms with Gasteiger partial charge in [0.25, 0.3) is 0 Å². The van der Waals surface area contributed by atoms with Crippen molar-refractivity contribution >= 4 is 0 Å². The number of hydrogen-bond donors (Lipinski definition) is 1. The number of piperidine rings is 1. The second-order valence-electron chi connectivity index (χ2n) is 5.09. The minimum absolute atomic E-state index is 0.0404. The van der Waals surface area contributed by atoms with Crippen LogP contribution in [0.2, 0.25) is 0 Å². The highest BCUT2D eigenvalue weighted by atomic mass is 19.4. The maximum absolute atomic E-state index is 13.5. The molecule has 2 nitrogen and oxygen atoms in total. The maximum Gasteiger partial charge on any atom is 0.393 e. The molecule has 1 heterocycles. The number of benzene rings is 1. The lowest BCUT2D eigenvalue weighted by Gasteiger charge is -2.31. The van der Waals surface area contributed by atoms with Crippen LogP contribution in [0.4, 0.5) is 17.6 Å². The zero-order chi connectivity index (χ0) is 14.8. The van der Waals surface area contributed by atoms with Crippen molar-refractivity contribution < 1.29 is 22.3 Å². The summed E-state index contributed by atoms with van der Waals surface area (Å²) in [5.74, 6) is -1.55. The van der Waals surface area contributed by atoms with Gasteiger partial charge in [-0.05, 0) is 37.0 Å². The first-order chi connectivity index (χ1) is 9.40. The fourth-order valence-electron chi connectivity index (χ4n) is 2.49. The van der Waals surface area contributed by atoms with Crippen LogP contribution < -0.4 is 10.1 Å². The molecular formula is C14H17F4NO. The fourth-order valence-corrected chi connectivity index (χ4v) is 2.49. The van der Waals surface area contributed by atoms with Crippen molar-refractivity contribution in [2.75, 3.05) is 13.7 Å². The van der Waals surface area contributed by atoms with Crippen molar-refractivity contribution in [1.82, 2.24) is 5.32 Å². The zero-order valence-electron chi connectivity index (χ0n) is 11.1. The smallest absolute Gasteiger partial charge is 0.393 e. The Morgan fingerprint density at radius 2 is 2.05 bits per heavy atom. The summed E-state index contributed by atoms with van der Waals surface area (Å²) < 4.78 is 55.9. The van der Waals surface area contributed by atoms with E-state index in [4.69, 9.17) is 4.74 Å². The quantitative estimate of drug-likeness (QED) is 0.863. The summed E-state index contributed by atoms with van der Waals surface area (Å²) in [4.78, 5) is 0. The van der Waals surface area contributed by atoms with E-state index in [2.05, 4.69) is 5.32 Å². The van der Waals surface area contributed by atoms with Gasteiger partial charge in [0, 0.05) is 12.6 Å². The van der Waals surface area contributed by atoms with Crippen LogP contribution in [0, 0.1) is 11.7 Å². The Labute approximate surface area is 115 Å². The summed E-state index contributed by atoms with van der Waals surface area (Å²) in [6, 6.07) is 4.60. The predicted octanol–water partition coefficient (Wildman–Crippen LogP) is 3.31. The van der Waals surface area contributed by atoms with Crippen LogP contribution >= 0.6 is 0 Å². The molecule has 0 saturated carbocycles. The van der Waals surface area contributed by atoms with Crippen molar-refractivity contribution in [1.29, 1.82) is 0 Å². The molecule has 1 saturated heterocycles. The number of ether oxygens (including phenoxy) is 1. The fraction of sp³-hybridized carbons (Fsp3) is 0.571.